The third-order valence-electron chi connectivity index (χ3n) is 10.8. The van der Waals surface area contributed by atoms with Crippen LogP contribution < -0.4 is 10.4 Å². The zero-order valence-electron chi connectivity index (χ0n) is 28.6. The fourth-order valence-corrected chi connectivity index (χ4v) is 14.8. The molecule has 0 saturated heterocycles. The standard InChI is InChI=1S/2C18H13.C12H10Cl2Si.Ti/c2*1-2-7-13(6-1)15-10-5-11-17-16-9-4-3-8-14(16)12-18(15)17;13-15(14,11-7-3-1-4-8-11)12-9-5-2-6-10-12;/h2*1-6,8-12H,7H2;1-10H;. The van der Waals surface area contributed by atoms with Crippen molar-refractivity contribution in [1.82, 2.24) is 0 Å². The van der Waals surface area contributed by atoms with Crippen LogP contribution in [0.5, 0.6) is 0 Å². The van der Waals surface area contributed by atoms with Crippen LogP contribution in [-0.4, -0.2) is 6.69 Å². The van der Waals surface area contributed by atoms with Gasteiger partial charge in [0.1, 0.15) is 0 Å². The number of hydrogen-bond acceptors (Lipinski definition) is 0. The third-order valence-corrected chi connectivity index (χ3v) is 18.4. The van der Waals surface area contributed by atoms with E-state index < -0.39 is 25.8 Å². The molecule has 0 amide bonds. The van der Waals surface area contributed by atoms with Gasteiger partial charge in [-0.3, -0.25) is 0 Å². The normalized spacial score (nSPS) is 17.3. The van der Waals surface area contributed by atoms with Gasteiger partial charge in [0.15, 0.2) is 0 Å². The monoisotopic (exact) mass is 758 g/mol. The summed E-state index contributed by atoms with van der Waals surface area (Å²) in [6, 6.07) is 52.2. The fraction of sp³-hybridized carbons (Fsp3) is 0.0833. The number of hydrogen-bond donors (Lipinski definition) is 0. The van der Waals surface area contributed by atoms with E-state index in [-0.39, 0.29) is 0 Å². The first-order chi connectivity index (χ1) is 25.6. The molecule has 0 radical (unpaired) electrons. The Balaban J connectivity index is 0.000000202. The molecule has 52 heavy (non-hydrogen) atoms. The van der Waals surface area contributed by atoms with Crippen molar-refractivity contribution in [2.75, 3.05) is 0 Å². The van der Waals surface area contributed by atoms with Crippen molar-refractivity contribution in [3.63, 3.8) is 0 Å². The Morgan fingerprint density at radius 2 is 0.808 bits per heavy atom. The second kappa shape index (κ2) is 14.3. The van der Waals surface area contributed by atoms with E-state index in [1.165, 1.54) is 44.5 Å². The first kappa shape index (κ1) is 33.6. The summed E-state index contributed by atoms with van der Waals surface area (Å²) >= 11 is 12.5. The number of rotatable bonds is 6. The van der Waals surface area contributed by atoms with Gasteiger partial charge in [-0.15, -0.1) is 22.2 Å². The predicted octanol–water partition coefficient (Wildman–Crippen LogP) is 12.0. The van der Waals surface area contributed by atoms with E-state index in [1.54, 1.807) is 22.3 Å². The molecule has 0 saturated carbocycles. The molecule has 0 aliphatic heterocycles. The van der Waals surface area contributed by atoms with Crippen LogP contribution in [0.2, 0.25) is 0 Å². The first-order valence-corrected chi connectivity index (χ1v) is 23.8. The van der Waals surface area contributed by atoms with Crippen LogP contribution in [0, 0.1) is 0 Å². The van der Waals surface area contributed by atoms with E-state index in [0.717, 1.165) is 23.2 Å². The molecule has 6 aromatic carbocycles. The molecule has 250 valence electrons. The summed E-state index contributed by atoms with van der Waals surface area (Å²) in [5.41, 5.74) is 17.9. The number of halogens is 2. The minimum atomic E-state index is -2.51. The van der Waals surface area contributed by atoms with Crippen LogP contribution in [0.3, 0.4) is 0 Å². The summed E-state index contributed by atoms with van der Waals surface area (Å²) in [4.78, 5) is 0. The quantitative estimate of drug-likeness (QED) is 0.117. The summed E-state index contributed by atoms with van der Waals surface area (Å²) in [7, 11) is 0. The average Bonchev–Trinajstić information content (AvgIpc) is 4.03. The number of benzene rings is 6. The molecule has 0 nitrogen and oxygen atoms in total. The van der Waals surface area contributed by atoms with E-state index in [4.69, 9.17) is 22.2 Å². The molecule has 0 spiro atoms. The number of fused-ring (bicyclic) bond motifs is 6. The van der Waals surface area contributed by atoms with E-state index in [0.29, 0.717) is 8.45 Å². The Hall–Kier alpha value is -4.21. The van der Waals surface area contributed by atoms with Crippen molar-refractivity contribution in [1.29, 1.82) is 0 Å². The molecular formula is C48H36Cl2SiTi. The Morgan fingerprint density at radius 3 is 1.23 bits per heavy atom. The van der Waals surface area contributed by atoms with Crippen molar-refractivity contribution in [3.05, 3.63) is 215 Å². The summed E-state index contributed by atoms with van der Waals surface area (Å²) in [5.74, 6) is 0. The van der Waals surface area contributed by atoms with Crippen LogP contribution in [0.15, 0.2) is 182 Å². The molecule has 4 heteroatoms. The zero-order valence-corrected chi connectivity index (χ0v) is 32.7. The smallest absolute Gasteiger partial charge is 0.134 e. The molecule has 2 unspecified atom stereocenters. The van der Waals surface area contributed by atoms with E-state index >= 15 is 0 Å². The fourth-order valence-electron chi connectivity index (χ4n) is 8.35. The van der Waals surface area contributed by atoms with Gasteiger partial charge in [-0.1, -0.05) is 60.7 Å². The van der Waals surface area contributed by atoms with Gasteiger partial charge >= 0.3 is 235 Å². The maximum atomic E-state index is 6.49. The molecule has 0 aromatic heterocycles. The van der Waals surface area contributed by atoms with Gasteiger partial charge in [0.2, 0.25) is 0 Å². The molecule has 4 aliphatic rings. The predicted molar refractivity (Wildman–Crippen MR) is 221 cm³/mol. The molecule has 0 fully saturated rings. The van der Waals surface area contributed by atoms with Crippen LogP contribution >= 0.6 is 22.2 Å². The molecule has 0 heterocycles. The van der Waals surface area contributed by atoms with Crippen molar-refractivity contribution < 1.29 is 19.2 Å². The first-order valence-electron chi connectivity index (χ1n) is 18.0. The summed E-state index contributed by atoms with van der Waals surface area (Å²) in [6.45, 7) is -2.51. The minimum absolute atomic E-state index is 0.487. The maximum absolute atomic E-state index is 6.49. The second-order valence-electron chi connectivity index (χ2n) is 13.7. The van der Waals surface area contributed by atoms with Gasteiger partial charge in [0.25, 0.3) is 0 Å². The van der Waals surface area contributed by atoms with Crippen LogP contribution in [0.1, 0.15) is 54.7 Å². The summed E-state index contributed by atoms with van der Waals surface area (Å²) in [5, 5.41) is 2.05. The van der Waals surface area contributed by atoms with Gasteiger partial charge in [-0.2, -0.15) is 0 Å². The number of allylic oxidation sites excluding steroid dienone is 8. The summed E-state index contributed by atoms with van der Waals surface area (Å²) in [6.07, 6.45) is 15.8. The largest absolute Gasteiger partial charge is 0.310 e. The molecule has 0 N–H and O–H groups in total. The molecule has 10 rings (SSSR count). The molecule has 2 atom stereocenters. The van der Waals surface area contributed by atoms with Crippen LogP contribution in [0.25, 0.3) is 33.4 Å². The van der Waals surface area contributed by atoms with Gasteiger partial charge in [-0.25, -0.2) is 0 Å². The Bertz CT molecular complexity index is 2250. The van der Waals surface area contributed by atoms with Crippen LogP contribution in [0.4, 0.5) is 0 Å². The molecule has 0 bridgehead atoms. The van der Waals surface area contributed by atoms with E-state index in [9.17, 15) is 0 Å². The van der Waals surface area contributed by atoms with Crippen molar-refractivity contribution in [3.8, 4) is 22.3 Å². The second-order valence-corrected chi connectivity index (χ2v) is 22.3. The van der Waals surface area contributed by atoms with Gasteiger partial charge in [-0.05, 0) is 10.4 Å². The van der Waals surface area contributed by atoms with Gasteiger partial charge in [0, 0.05) is 0 Å². The Morgan fingerprint density at radius 1 is 0.423 bits per heavy atom. The molecule has 4 aliphatic carbocycles. The molecular weight excluding hydrogens is 723 g/mol. The van der Waals surface area contributed by atoms with Gasteiger partial charge in [0.05, 0.1) is 0 Å². The Kier molecular flexibility index (Phi) is 9.25. The van der Waals surface area contributed by atoms with Crippen molar-refractivity contribution in [2.24, 2.45) is 0 Å². The van der Waals surface area contributed by atoms with E-state index in [1.807, 2.05) is 60.7 Å². The molecule has 6 aromatic rings. The van der Waals surface area contributed by atoms with E-state index in [2.05, 4.69) is 121 Å². The third kappa shape index (κ3) is 5.99. The maximum Gasteiger partial charge on any atom is 0.310 e. The average molecular weight is 760 g/mol. The SMILES string of the molecule is C1=CCC(c2cccc3c2[CH]([Ti][CH]2c4ccccc4-c4cccc(C5=CC=CC5)c42)c2ccccc2-3)=C1.Cl[Si](Cl)(c1ccccc1)c1ccccc1. The Labute approximate surface area is 326 Å². The van der Waals surface area contributed by atoms with Gasteiger partial charge < -0.3 is 0 Å². The van der Waals surface area contributed by atoms with Crippen molar-refractivity contribution in [2.45, 2.75) is 21.3 Å². The summed E-state index contributed by atoms with van der Waals surface area (Å²) < 4.78 is 0.994. The topological polar surface area (TPSA) is 0 Å². The van der Waals surface area contributed by atoms with Crippen LogP contribution in [-0.2, 0) is 19.2 Å². The van der Waals surface area contributed by atoms with Crippen molar-refractivity contribution >= 4 is 50.4 Å². The minimum Gasteiger partial charge on any atom is -0.134 e. The zero-order chi connectivity index (χ0) is 35.1.